The van der Waals surface area contributed by atoms with E-state index in [1.165, 1.54) is 0 Å². The van der Waals surface area contributed by atoms with Gasteiger partial charge in [0.05, 0.1) is 6.54 Å². The first-order chi connectivity index (χ1) is 8.69. The number of likely N-dealkylation sites (N-methyl/N-ethyl adjacent to an activating group) is 1. The Bertz CT molecular complexity index is 458. The van der Waals surface area contributed by atoms with Gasteiger partial charge >= 0.3 is 5.97 Å². The third-order valence-corrected chi connectivity index (χ3v) is 2.66. The number of H-pyrrole nitrogens is 1. The van der Waals surface area contributed by atoms with Crippen LogP contribution in [0.25, 0.3) is 0 Å². The third kappa shape index (κ3) is 5.26. The fourth-order valence-electron chi connectivity index (χ4n) is 1.68. The van der Waals surface area contributed by atoms with Crippen molar-refractivity contribution in [1.82, 2.24) is 14.9 Å². The van der Waals surface area contributed by atoms with Crippen LogP contribution in [0.5, 0.6) is 0 Å². The number of carboxylic acid groups (broad SMARTS) is 1. The molecule has 0 aliphatic rings. The van der Waals surface area contributed by atoms with Gasteiger partial charge in [0.25, 0.3) is 0 Å². The molecule has 0 radical (unpaired) electrons. The van der Waals surface area contributed by atoms with Gasteiger partial charge in [-0.15, -0.1) is 0 Å². The molecule has 19 heavy (non-hydrogen) atoms. The van der Waals surface area contributed by atoms with E-state index < -0.39 is 12.0 Å². The molecule has 1 unspecified atom stereocenters. The molecule has 1 aromatic heterocycles. The minimum atomic E-state index is -0.855. The molecule has 0 fully saturated rings. The zero-order chi connectivity index (χ0) is 14.6. The monoisotopic (exact) mass is 265 g/mol. The number of rotatable bonds is 5. The summed E-state index contributed by atoms with van der Waals surface area (Å²) in [5.74, 6) is -0.0818. The summed E-state index contributed by atoms with van der Waals surface area (Å²) in [6.07, 6.45) is 5.40. The maximum absolute atomic E-state index is 11.3. The highest BCUT2D eigenvalue weighted by Gasteiger charge is 2.21. The Kier molecular flexibility index (Phi) is 4.89. The quantitative estimate of drug-likeness (QED) is 0.801. The summed E-state index contributed by atoms with van der Waals surface area (Å²) in [5, 5.41) is 9.30. The van der Waals surface area contributed by atoms with E-state index in [1.807, 2.05) is 33.8 Å². The van der Waals surface area contributed by atoms with Crippen LogP contribution >= 0.6 is 0 Å². The maximum Gasteiger partial charge on any atom is 0.324 e. The van der Waals surface area contributed by atoms with E-state index in [0.29, 0.717) is 6.54 Å². The van der Waals surface area contributed by atoms with Gasteiger partial charge in [0.1, 0.15) is 11.9 Å². The molecule has 0 aliphatic carbocycles. The third-order valence-electron chi connectivity index (χ3n) is 2.66. The number of nitrogens with one attached hydrogen (secondary N) is 1. The summed E-state index contributed by atoms with van der Waals surface area (Å²) >= 11 is 0. The number of aliphatic carboxylic acids is 1. The van der Waals surface area contributed by atoms with Crippen LogP contribution in [0.4, 0.5) is 0 Å². The van der Waals surface area contributed by atoms with Gasteiger partial charge in [-0.05, 0) is 19.4 Å². The first kappa shape index (κ1) is 15.4. The molecular formula is C14H23N3O2. The molecule has 5 heteroatoms. The van der Waals surface area contributed by atoms with E-state index in [9.17, 15) is 9.90 Å². The zero-order valence-corrected chi connectivity index (χ0v) is 12.3. The average molecular weight is 265 g/mol. The molecule has 0 saturated heterocycles. The van der Waals surface area contributed by atoms with Crippen LogP contribution in [0.1, 0.15) is 32.3 Å². The van der Waals surface area contributed by atoms with Crippen molar-refractivity contribution in [1.29, 1.82) is 0 Å². The van der Waals surface area contributed by atoms with Crippen LogP contribution in [0.3, 0.4) is 0 Å². The molecule has 0 aliphatic heterocycles. The van der Waals surface area contributed by atoms with E-state index >= 15 is 0 Å². The van der Waals surface area contributed by atoms with E-state index in [1.54, 1.807) is 24.2 Å². The van der Waals surface area contributed by atoms with E-state index in [0.717, 1.165) is 11.5 Å². The Morgan fingerprint density at radius 3 is 2.63 bits per heavy atom. The van der Waals surface area contributed by atoms with Crippen molar-refractivity contribution in [2.24, 2.45) is 5.41 Å². The first-order valence-electron chi connectivity index (χ1n) is 6.32. The zero-order valence-electron chi connectivity index (χ0n) is 12.3. The van der Waals surface area contributed by atoms with Crippen molar-refractivity contribution < 1.29 is 9.90 Å². The second-order valence-electron chi connectivity index (χ2n) is 5.94. The van der Waals surface area contributed by atoms with Crippen molar-refractivity contribution in [3.63, 3.8) is 0 Å². The summed E-state index contributed by atoms with van der Waals surface area (Å²) in [6, 6.07) is -0.648. The number of imidazole rings is 1. The van der Waals surface area contributed by atoms with Crippen LogP contribution in [0.15, 0.2) is 18.3 Å². The van der Waals surface area contributed by atoms with Crippen LogP contribution < -0.4 is 0 Å². The number of nitrogens with zero attached hydrogens (tertiary/aromatic N) is 2. The minimum Gasteiger partial charge on any atom is -0.480 e. The molecule has 106 valence electrons. The molecule has 2 N–H and O–H groups in total. The molecule has 0 bridgehead atoms. The smallest absolute Gasteiger partial charge is 0.324 e. The number of carboxylic acids is 1. The van der Waals surface area contributed by atoms with E-state index in [-0.39, 0.29) is 5.41 Å². The Balaban J connectivity index is 2.76. The molecule has 0 spiro atoms. The van der Waals surface area contributed by atoms with Crippen LogP contribution in [0.2, 0.25) is 0 Å². The number of aryl methyl sites for hydroxylation is 1. The van der Waals surface area contributed by atoms with Crippen molar-refractivity contribution in [2.75, 3.05) is 7.05 Å². The highest BCUT2D eigenvalue weighted by Crippen LogP contribution is 2.16. The topological polar surface area (TPSA) is 69.2 Å². The lowest BCUT2D eigenvalue weighted by molar-refractivity contribution is -0.141. The van der Waals surface area contributed by atoms with Gasteiger partial charge in [-0.25, -0.2) is 4.98 Å². The molecule has 1 atom stereocenters. The number of hydrogen-bond acceptors (Lipinski definition) is 3. The maximum atomic E-state index is 11.3. The van der Waals surface area contributed by atoms with Gasteiger partial charge in [-0.2, -0.15) is 0 Å². The lowest BCUT2D eigenvalue weighted by atomic mass is 9.95. The fraction of sp³-hybridized carbons (Fsp3) is 0.571. The Labute approximate surface area is 114 Å². The molecular weight excluding hydrogens is 242 g/mol. The van der Waals surface area contributed by atoms with Crippen LogP contribution in [-0.4, -0.2) is 39.0 Å². The summed E-state index contributed by atoms with van der Waals surface area (Å²) in [6.45, 7) is 8.51. The second-order valence-corrected chi connectivity index (χ2v) is 5.94. The van der Waals surface area contributed by atoms with Crippen LogP contribution in [0, 0.1) is 12.3 Å². The van der Waals surface area contributed by atoms with Crippen molar-refractivity contribution in [3.8, 4) is 0 Å². The molecule has 0 aromatic carbocycles. The number of aromatic nitrogens is 2. The number of allylic oxidation sites excluding steroid dienone is 1. The van der Waals surface area contributed by atoms with Gasteiger partial charge in [0, 0.05) is 11.9 Å². The summed E-state index contributed by atoms with van der Waals surface area (Å²) < 4.78 is 0. The highest BCUT2D eigenvalue weighted by atomic mass is 16.4. The van der Waals surface area contributed by atoms with Gasteiger partial charge in [0.15, 0.2) is 0 Å². The summed E-state index contributed by atoms with van der Waals surface area (Å²) in [4.78, 5) is 20.4. The predicted octanol–water partition coefficient (Wildman–Crippen LogP) is 2.21. The Morgan fingerprint density at radius 2 is 2.21 bits per heavy atom. The van der Waals surface area contributed by atoms with Crippen LogP contribution in [-0.2, 0) is 11.3 Å². The summed E-state index contributed by atoms with van der Waals surface area (Å²) in [7, 11) is 1.78. The molecule has 5 nitrogen and oxygen atoms in total. The second kappa shape index (κ2) is 6.02. The number of hydrogen-bond donors (Lipinski definition) is 2. The molecule has 1 aromatic rings. The summed E-state index contributed by atoms with van der Waals surface area (Å²) in [5.41, 5.74) is 0.941. The molecule has 1 heterocycles. The Morgan fingerprint density at radius 1 is 1.58 bits per heavy atom. The van der Waals surface area contributed by atoms with Gasteiger partial charge in [-0.3, -0.25) is 9.69 Å². The van der Waals surface area contributed by atoms with E-state index in [4.69, 9.17) is 0 Å². The van der Waals surface area contributed by atoms with E-state index in [2.05, 4.69) is 9.97 Å². The molecule has 0 amide bonds. The lowest BCUT2D eigenvalue weighted by Gasteiger charge is -2.22. The normalized spacial score (nSPS) is 14.2. The highest BCUT2D eigenvalue weighted by molar-refractivity contribution is 5.75. The SMILES string of the molecule is Cc1cnc(CN(C)C(/C=C/C(C)(C)C)C(=O)O)[nH]1. The molecule has 0 saturated carbocycles. The molecule has 1 rings (SSSR count). The predicted molar refractivity (Wildman–Crippen MR) is 74.8 cm³/mol. The minimum absolute atomic E-state index is 0.0319. The van der Waals surface area contributed by atoms with Gasteiger partial charge in [0.2, 0.25) is 0 Å². The lowest BCUT2D eigenvalue weighted by Crippen LogP contribution is -2.36. The fourth-order valence-corrected chi connectivity index (χ4v) is 1.68. The number of carbonyl (C=O) groups is 1. The first-order valence-corrected chi connectivity index (χ1v) is 6.32. The average Bonchev–Trinajstić information content (AvgIpc) is 2.61. The van der Waals surface area contributed by atoms with Gasteiger partial charge < -0.3 is 10.1 Å². The standard InChI is InChI=1S/C14H23N3O2/c1-10-8-15-12(16-10)9-17(5)11(13(18)19)6-7-14(2,3)4/h6-8,11H,9H2,1-5H3,(H,15,16)(H,18,19)/b7-6+. The van der Waals surface area contributed by atoms with Crippen molar-refractivity contribution in [3.05, 3.63) is 29.9 Å². The Hall–Kier alpha value is -1.62. The van der Waals surface area contributed by atoms with Crippen molar-refractivity contribution >= 4 is 5.97 Å². The van der Waals surface area contributed by atoms with Crippen molar-refractivity contribution in [2.45, 2.75) is 40.3 Å². The largest absolute Gasteiger partial charge is 0.480 e. The van der Waals surface area contributed by atoms with Gasteiger partial charge in [-0.1, -0.05) is 32.9 Å². The number of aromatic amines is 1.